The number of hydrogen-bond donors (Lipinski definition) is 1. The van der Waals surface area contributed by atoms with Crippen molar-refractivity contribution in [2.24, 2.45) is 0 Å². The summed E-state index contributed by atoms with van der Waals surface area (Å²) in [7, 11) is 1.67. The monoisotopic (exact) mass is 229 g/mol. The zero-order chi connectivity index (χ0) is 12.1. The first kappa shape index (κ1) is 11.4. The van der Waals surface area contributed by atoms with Gasteiger partial charge in [-0.2, -0.15) is 0 Å². The molecule has 0 unspecified atom stereocenters. The number of rotatable bonds is 4. The number of nitrogens with one attached hydrogen (secondary N) is 1. The van der Waals surface area contributed by atoms with E-state index in [1.165, 1.54) is 11.9 Å². The number of methoxy groups -OCH3 is 1. The second-order valence-corrected chi connectivity index (χ2v) is 3.80. The van der Waals surface area contributed by atoms with Gasteiger partial charge in [-0.25, -0.2) is 9.97 Å². The average molecular weight is 229 g/mol. The Balaban J connectivity index is 2.09. The summed E-state index contributed by atoms with van der Waals surface area (Å²) in [6.45, 7) is 2.72. The van der Waals surface area contributed by atoms with Crippen molar-refractivity contribution in [2.75, 3.05) is 12.4 Å². The molecule has 0 bridgehead atoms. The lowest BCUT2D eigenvalue weighted by molar-refractivity contribution is 0.416. The molecule has 4 nitrogen and oxygen atoms in total. The quantitative estimate of drug-likeness (QED) is 0.874. The van der Waals surface area contributed by atoms with E-state index in [9.17, 15) is 0 Å². The first-order valence-electron chi connectivity index (χ1n) is 5.42. The molecule has 1 aromatic carbocycles. The third-order valence-corrected chi connectivity index (χ3v) is 2.45. The fraction of sp³-hybridized carbons (Fsp3) is 0.231. The van der Waals surface area contributed by atoms with Crippen LogP contribution in [0.2, 0.25) is 0 Å². The Hall–Kier alpha value is -2.10. The second kappa shape index (κ2) is 5.30. The van der Waals surface area contributed by atoms with E-state index in [0.29, 0.717) is 6.54 Å². The molecule has 0 saturated carbocycles. The van der Waals surface area contributed by atoms with Gasteiger partial charge in [0.15, 0.2) is 0 Å². The smallest absolute Gasteiger partial charge is 0.142 e. The van der Waals surface area contributed by atoms with Crippen LogP contribution in [0.15, 0.2) is 36.9 Å². The van der Waals surface area contributed by atoms with Gasteiger partial charge in [-0.1, -0.05) is 6.07 Å². The number of ether oxygens (including phenoxy) is 1. The van der Waals surface area contributed by atoms with Crippen molar-refractivity contribution in [3.05, 3.63) is 48.0 Å². The summed E-state index contributed by atoms with van der Waals surface area (Å²) in [5, 5.41) is 3.30. The predicted molar refractivity (Wildman–Crippen MR) is 67.1 cm³/mol. The van der Waals surface area contributed by atoms with Gasteiger partial charge in [0, 0.05) is 24.5 Å². The maximum Gasteiger partial charge on any atom is 0.142 e. The van der Waals surface area contributed by atoms with Gasteiger partial charge in [0.25, 0.3) is 0 Å². The number of aromatic nitrogens is 2. The van der Waals surface area contributed by atoms with E-state index < -0.39 is 0 Å². The van der Waals surface area contributed by atoms with Crippen LogP contribution in [0.3, 0.4) is 0 Å². The first-order chi connectivity index (χ1) is 8.29. The Morgan fingerprint density at radius 3 is 2.71 bits per heavy atom. The highest BCUT2D eigenvalue weighted by molar-refractivity contribution is 5.57. The van der Waals surface area contributed by atoms with Gasteiger partial charge >= 0.3 is 0 Å². The molecule has 1 aromatic heterocycles. The van der Waals surface area contributed by atoms with Crippen LogP contribution in [-0.2, 0) is 6.54 Å². The predicted octanol–water partition coefficient (Wildman–Crippen LogP) is 2.41. The second-order valence-electron chi connectivity index (χ2n) is 3.80. The van der Waals surface area contributed by atoms with Gasteiger partial charge in [0.2, 0.25) is 0 Å². The molecule has 0 fully saturated rings. The largest absolute Gasteiger partial charge is 0.495 e. The molecule has 0 saturated heterocycles. The van der Waals surface area contributed by atoms with Crippen LogP contribution in [0, 0.1) is 6.92 Å². The molecule has 1 heterocycles. The van der Waals surface area contributed by atoms with Crippen LogP contribution in [0.1, 0.15) is 11.1 Å². The van der Waals surface area contributed by atoms with Crippen LogP contribution in [0.5, 0.6) is 5.75 Å². The molecule has 1 N–H and O–H groups in total. The summed E-state index contributed by atoms with van der Waals surface area (Å²) in [6, 6.07) is 6.06. The van der Waals surface area contributed by atoms with Crippen molar-refractivity contribution >= 4 is 5.69 Å². The van der Waals surface area contributed by atoms with Crippen molar-refractivity contribution in [1.82, 2.24) is 9.97 Å². The van der Waals surface area contributed by atoms with Crippen LogP contribution in [0.4, 0.5) is 5.69 Å². The van der Waals surface area contributed by atoms with E-state index in [1.807, 2.05) is 25.1 Å². The zero-order valence-electron chi connectivity index (χ0n) is 9.97. The molecular weight excluding hydrogens is 214 g/mol. The molecule has 0 aliphatic carbocycles. The number of hydrogen-bond acceptors (Lipinski definition) is 4. The van der Waals surface area contributed by atoms with Gasteiger partial charge in [-0.3, -0.25) is 0 Å². The molecule has 2 aromatic rings. The van der Waals surface area contributed by atoms with Crippen LogP contribution >= 0.6 is 0 Å². The fourth-order valence-electron chi connectivity index (χ4n) is 1.56. The molecule has 0 atom stereocenters. The lowest BCUT2D eigenvalue weighted by atomic mass is 10.2. The lowest BCUT2D eigenvalue weighted by Crippen LogP contribution is -2.02. The van der Waals surface area contributed by atoms with E-state index in [1.54, 1.807) is 19.5 Å². The van der Waals surface area contributed by atoms with Crippen LogP contribution in [-0.4, -0.2) is 17.1 Å². The van der Waals surface area contributed by atoms with Crippen LogP contribution < -0.4 is 10.1 Å². The number of aryl methyl sites for hydroxylation is 1. The normalized spacial score (nSPS) is 10.0. The summed E-state index contributed by atoms with van der Waals surface area (Å²) >= 11 is 0. The molecule has 88 valence electrons. The Labute approximate surface area is 101 Å². The summed E-state index contributed by atoms with van der Waals surface area (Å²) < 4.78 is 5.32. The highest BCUT2D eigenvalue weighted by Crippen LogP contribution is 2.25. The van der Waals surface area contributed by atoms with Crippen molar-refractivity contribution in [3.8, 4) is 5.75 Å². The minimum Gasteiger partial charge on any atom is -0.495 e. The van der Waals surface area contributed by atoms with E-state index in [2.05, 4.69) is 15.3 Å². The van der Waals surface area contributed by atoms with E-state index >= 15 is 0 Å². The number of nitrogens with zero attached hydrogens (tertiary/aromatic N) is 2. The molecule has 0 aliphatic heterocycles. The van der Waals surface area contributed by atoms with Gasteiger partial charge < -0.3 is 10.1 Å². The average Bonchev–Trinajstić information content (AvgIpc) is 2.38. The maximum absolute atomic E-state index is 5.32. The van der Waals surface area contributed by atoms with E-state index in [0.717, 1.165) is 17.0 Å². The third kappa shape index (κ3) is 2.93. The molecular formula is C13H15N3O. The Bertz CT molecular complexity index is 485. The summed E-state index contributed by atoms with van der Waals surface area (Å²) in [6.07, 6.45) is 5.11. The van der Waals surface area contributed by atoms with Crippen molar-refractivity contribution in [3.63, 3.8) is 0 Å². The molecule has 0 radical (unpaired) electrons. The lowest BCUT2D eigenvalue weighted by Gasteiger charge is -2.11. The van der Waals surface area contributed by atoms with Gasteiger partial charge in [-0.05, 0) is 24.6 Å². The van der Waals surface area contributed by atoms with Crippen molar-refractivity contribution in [2.45, 2.75) is 13.5 Å². The maximum atomic E-state index is 5.32. The third-order valence-electron chi connectivity index (χ3n) is 2.45. The molecule has 0 amide bonds. The molecule has 0 spiro atoms. The Kier molecular flexibility index (Phi) is 3.55. The fourth-order valence-corrected chi connectivity index (χ4v) is 1.56. The summed E-state index contributed by atoms with van der Waals surface area (Å²) in [5.41, 5.74) is 3.19. The van der Waals surface area contributed by atoms with Crippen molar-refractivity contribution in [1.29, 1.82) is 0 Å². The summed E-state index contributed by atoms with van der Waals surface area (Å²) in [5.74, 6) is 0.849. The number of anilines is 1. The topological polar surface area (TPSA) is 47.0 Å². The van der Waals surface area contributed by atoms with Crippen LogP contribution in [0.25, 0.3) is 0 Å². The summed E-state index contributed by atoms with van der Waals surface area (Å²) in [4.78, 5) is 7.94. The standard InChI is InChI=1S/C13H15N3O/c1-10-3-4-12(13(5-10)17-2)16-8-11-6-14-9-15-7-11/h3-7,9,16H,8H2,1-2H3. The molecule has 0 aliphatic rings. The van der Waals surface area contributed by atoms with Gasteiger partial charge in [0.1, 0.15) is 12.1 Å². The minimum atomic E-state index is 0.681. The Morgan fingerprint density at radius 2 is 2.00 bits per heavy atom. The zero-order valence-corrected chi connectivity index (χ0v) is 9.97. The Morgan fingerprint density at radius 1 is 1.24 bits per heavy atom. The minimum absolute atomic E-state index is 0.681. The SMILES string of the molecule is COc1cc(C)ccc1NCc1cncnc1. The molecule has 17 heavy (non-hydrogen) atoms. The number of benzene rings is 1. The molecule has 4 heteroatoms. The van der Waals surface area contributed by atoms with E-state index in [-0.39, 0.29) is 0 Å². The van der Waals surface area contributed by atoms with Gasteiger partial charge in [-0.15, -0.1) is 0 Å². The van der Waals surface area contributed by atoms with Gasteiger partial charge in [0.05, 0.1) is 12.8 Å². The van der Waals surface area contributed by atoms with Crippen molar-refractivity contribution < 1.29 is 4.74 Å². The highest BCUT2D eigenvalue weighted by Gasteiger charge is 2.02. The highest BCUT2D eigenvalue weighted by atomic mass is 16.5. The first-order valence-corrected chi connectivity index (χ1v) is 5.42. The van der Waals surface area contributed by atoms with E-state index in [4.69, 9.17) is 4.74 Å². The molecule has 2 rings (SSSR count).